The molecular weight excluding hydrogens is 306 g/mol. The minimum Gasteiger partial charge on any atom is -0.483 e. The predicted molar refractivity (Wildman–Crippen MR) is 92.4 cm³/mol. The van der Waals surface area contributed by atoms with E-state index in [1.54, 1.807) is 17.7 Å². The number of benzene rings is 1. The highest BCUT2D eigenvalue weighted by Crippen LogP contribution is 2.22. The van der Waals surface area contributed by atoms with Crippen LogP contribution in [-0.4, -0.2) is 15.6 Å². The molecule has 1 heterocycles. The van der Waals surface area contributed by atoms with E-state index in [2.05, 4.69) is 0 Å². The Hall–Kier alpha value is -2.56. The van der Waals surface area contributed by atoms with Crippen molar-refractivity contribution in [2.75, 3.05) is 0 Å². The van der Waals surface area contributed by atoms with Gasteiger partial charge in [-0.05, 0) is 18.9 Å². The van der Waals surface area contributed by atoms with Crippen molar-refractivity contribution in [2.45, 2.75) is 45.8 Å². The normalized spacial score (nSPS) is 11.9. The zero-order valence-electron chi connectivity index (χ0n) is 14.1. The van der Waals surface area contributed by atoms with Gasteiger partial charge >= 0.3 is 5.97 Å². The van der Waals surface area contributed by atoms with Gasteiger partial charge in [-0.25, -0.2) is 4.79 Å². The molecule has 1 aromatic carbocycles. The third-order valence-corrected chi connectivity index (χ3v) is 4.00. The number of aliphatic carboxylic acids is 1. The van der Waals surface area contributed by atoms with Crippen LogP contribution in [0.4, 0.5) is 0 Å². The molecule has 0 saturated carbocycles. The Morgan fingerprint density at radius 2 is 1.96 bits per heavy atom. The molecule has 0 fully saturated rings. The molecule has 2 aromatic rings. The second-order valence-corrected chi connectivity index (χ2v) is 5.77. The number of carboxylic acid groups (broad SMARTS) is 1. The van der Waals surface area contributed by atoms with E-state index in [-0.39, 0.29) is 17.8 Å². The fourth-order valence-corrected chi connectivity index (χ4v) is 2.65. The topological polar surface area (TPSA) is 68.5 Å². The van der Waals surface area contributed by atoms with Crippen LogP contribution in [0, 0.1) is 6.92 Å². The van der Waals surface area contributed by atoms with Crippen molar-refractivity contribution >= 4 is 5.97 Å². The molecule has 0 spiro atoms. The highest BCUT2D eigenvalue weighted by Gasteiger charge is 2.21. The fraction of sp³-hybridized carbons (Fsp3) is 0.368. The molecule has 1 aromatic heterocycles. The Labute approximate surface area is 141 Å². The van der Waals surface area contributed by atoms with Gasteiger partial charge in [0, 0.05) is 12.3 Å². The van der Waals surface area contributed by atoms with Crippen molar-refractivity contribution in [3.8, 4) is 5.75 Å². The highest BCUT2D eigenvalue weighted by molar-refractivity contribution is 5.72. The Morgan fingerprint density at radius 3 is 2.58 bits per heavy atom. The average Bonchev–Trinajstić information content (AvgIpc) is 2.57. The zero-order chi connectivity index (χ0) is 17.5. The van der Waals surface area contributed by atoms with Gasteiger partial charge in [-0.15, -0.1) is 0 Å². The average molecular weight is 329 g/mol. The van der Waals surface area contributed by atoms with E-state index in [9.17, 15) is 14.7 Å². The van der Waals surface area contributed by atoms with Gasteiger partial charge in [-0.2, -0.15) is 0 Å². The first-order valence-corrected chi connectivity index (χ1v) is 8.15. The summed E-state index contributed by atoms with van der Waals surface area (Å²) in [7, 11) is 0. The molecule has 0 radical (unpaired) electrons. The van der Waals surface area contributed by atoms with Crippen LogP contribution in [0.15, 0.2) is 47.4 Å². The van der Waals surface area contributed by atoms with Gasteiger partial charge in [0.1, 0.15) is 12.6 Å². The number of ether oxygens (including phenoxy) is 1. The summed E-state index contributed by atoms with van der Waals surface area (Å²) in [6, 6.07) is 10.2. The summed E-state index contributed by atoms with van der Waals surface area (Å²) in [6.07, 6.45) is 3.79. The standard InChI is InChI=1S/C19H23NO4/c1-3-4-10-16(19(22)23)20-12-11-17(21)18(14(20)2)24-13-15-8-6-5-7-9-15/h5-9,11-12,16H,3-4,10,13H2,1-2H3,(H,22,23). The van der Waals surface area contributed by atoms with Gasteiger partial charge in [-0.1, -0.05) is 50.1 Å². The molecule has 0 aliphatic carbocycles. The lowest BCUT2D eigenvalue weighted by Gasteiger charge is -2.21. The first kappa shape index (κ1) is 17.8. The molecule has 0 aliphatic rings. The number of hydrogen-bond donors (Lipinski definition) is 1. The molecule has 128 valence electrons. The number of unbranched alkanes of at least 4 members (excludes halogenated alkanes) is 1. The second-order valence-electron chi connectivity index (χ2n) is 5.77. The van der Waals surface area contributed by atoms with Crippen molar-refractivity contribution in [1.82, 2.24) is 4.57 Å². The van der Waals surface area contributed by atoms with E-state index in [1.165, 1.54) is 6.07 Å². The largest absolute Gasteiger partial charge is 0.483 e. The van der Waals surface area contributed by atoms with E-state index in [4.69, 9.17) is 4.74 Å². The van der Waals surface area contributed by atoms with Gasteiger partial charge in [0.2, 0.25) is 5.43 Å². The lowest BCUT2D eigenvalue weighted by atomic mass is 10.1. The summed E-state index contributed by atoms with van der Waals surface area (Å²) in [4.78, 5) is 23.7. The third kappa shape index (κ3) is 4.25. The zero-order valence-corrected chi connectivity index (χ0v) is 14.1. The van der Waals surface area contributed by atoms with Gasteiger partial charge in [0.15, 0.2) is 5.75 Å². The first-order valence-electron chi connectivity index (χ1n) is 8.15. The SMILES string of the molecule is CCCCC(C(=O)O)n1ccc(=O)c(OCc2ccccc2)c1C. The first-order chi connectivity index (χ1) is 11.5. The number of carbonyl (C=O) groups is 1. The molecule has 0 saturated heterocycles. The number of rotatable bonds is 8. The maximum Gasteiger partial charge on any atom is 0.326 e. The van der Waals surface area contributed by atoms with Crippen LogP contribution in [0.3, 0.4) is 0 Å². The molecular formula is C19H23NO4. The van der Waals surface area contributed by atoms with E-state index in [1.807, 2.05) is 37.3 Å². The van der Waals surface area contributed by atoms with Crippen LogP contribution < -0.4 is 10.2 Å². The van der Waals surface area contributed by atoms with Crippen LogP contribution in [0.1, 0.15) is 43.5 Å². The van der Waals surface area contributed by atoms with Gasteiger partial charge in [0.25, 0.3) is 0 Å². The molecule has 2 rings (SSSR count). The Kier molecular flexibility index (Phi) is 6.18. The summed E-state index contributed by atoms with van der Waals surface area (Å²) in [5.74, 6) is -0.687. The summed E-state index contributed by atoms with van der Waals surface area (Å²) in [5.41, 5.74) is 1.26. The molecule has 1 N–H and O–H groups in total. The smallest absolute Gasteiger partial charge is 0.326 e. The van der Waals surface area contributed by atoms with Crippen molar-refractivity contribution in [1.29, 1.82) is 0 Å². The van der Waals surface area contributed by atoms with Crippen molar-refractivity contribution in [2.24, 2.45) is 0 Å². The maximum absolute atomic E-state index is 12.1. The Balaban J connectivity index is 2.28. The number of hydrogen-bond acceptors (Lipinski definition) is 3. The lowest BCUT2D eigenvalue weighted by Crippen LogP contribution is -2.24. The molecule has 5 nitrogen and oxygen atoms in total. The van der Waals surface area contributed by atoms with Crippen molar-refractivity contribution < 1.29 is 14.6 Å². The molecule has 1 atom stereocenters. The third-order valence-electron chi connectivity index (χ3n) is 4.00. The number of nitrogens with zero attached hydrogens (tertiary/aromatic N) is 1. The molecule has 5 heteroatoms. The van der Waals surface area contributed by atoms with Crippen molar-refractivity contribution in [3.63, 3.8) is 0 Å². The van der Waals surface area contributed by atoms with Crippen LogP contribution in [0.25, 0.3) is 0 Å². The molecule has 0 aliphatic heterocycles. The van der Waals surface area contributed by atoms with E-state index in [0.29, 0.717) is 12.1 Å². The number of aromatic nitrogens is 1. The van der Waals surface area contributed by atoms with E-state index >= 15 is 0 Å². The predicted octanol–water partition coefficient (Wildman–Crippen LogP) is 3.55. The maximum atomic E-state index is 12.1. The number of pyridine rings is 1. The number of carboxylic acids is 1. The molecule has 1 unspecified atom stereocenters. The molecule has 0 bridgehead atoms. The fourth-order valence-electron chi connectivity index (χ4n) is 2.65. The van der Waals surface area contributed by atoms with Crippen LogP contribution in [0.5, 0.6) is 5.75 Å². The quantitative estimate of drug-likeness (QED) is 0.804. The van der Waals surface area contributed by atoms with Crippen LogP contribution in [-0.2, 0) is 11.4 Å². The monoisotopic (exact) mass is 329 g/mol. The minimum absolute atomic E-state index is 0.212. The van der Waals surface area contributed by atoms with Crippen LogP contribution >= 0.6 is 0 Å². The highest BCUT2D eigenvalue weighted by atomic mass is 16.5. The van der Waals surface area contributed by atoms with E-state index in [0.717, 1.165) is 18.4 Å². The minimum atomic E-state index is -0.899. The van der Waals surface area contributed by atoms with E-state index < -0.39 is 12.0 Å². The summed E-state index contributed by atoms with van der Waals surface area (Å²) in [6.45, 7) is 4.02. The summed E-state index contributed by atoms with van der Waals surface area (Å²) < 4.78 is 7.33. The van der Waals surface area contributed by atoms with Gasteiger partial charge < -0.3 is 14.4 Å². The van der Waals surface area contributed by atoms with Crippen LogP contribution in [0.2, 0.25) is 0 Å². The molecule has 24 heavy (non-hydrogen) atoms. The molecule has 0 amide bonds. The summed E-state index contributed by atoms with van der Waals surface area (Å²) >= 11 is 0. The van der Waals surface area contributed by atoms with Crippen molar-refractivity contribution in [3.05, 3.63) is 64.1 Å². The van der Waals surface area contributed by atoms with Gasteiger partial charge in [0.05, 0.1) is 5.69 Å². The Morgan fingerprint density at radius 1 is 1.25 bits per heavy atom. The second kappa shape index (κ2) is 8.34. The summed E-state index contributed by atoms with van der Waals surface area (Å²) in [5, 5.41) is 9.51. The van der Waals surface area contributed by atoms with Gasteiger partial charge in [-0.3, -0.25) is 4.79 Å². The lowest BCUT2D eigenvalue weighted by molar-refractivity contribution is -0.141. The Bertz CT molecular complexity index is 737.